The number of hydrogen-bond acceptors (Lipinski definition) is 3. The zero-order chi connectivity index (χ0) is 16.0. The van der Waals surface area contributed by atoms with Crippen molar-refractivity contribution in [3.63, 3.8) is 0 Å². The predicted molar refractivity (Wildman–Crippen MR) is 87.9 cm³/mol. The lowest BCUT2D eigenvalue weighted by Crippen LogP contribution is -2.03. The largest absolute Gasteiger partial charge is 0.360 e. The number of nitrogens with one attached hydrogen (secondary N) is 2. The number of nitro benzene ring substituents is 1. The number of non-ortho nitro benzene ring substituents is 1. The van der Waals surface area contributed by atoms with E-state index >= 15 is 0 Å². The standard InChI is InChI=1S/C17H11N3O3/c21-17-14(13-3-1-2-4-15(13)19-17)7-10-9-18-16-8-11(20(22)23)5-6-12(10)16/h1-9,18H,(H,19,21)/b14-7-. The Hall–Kier alpha value is -3.41. The van der Waals surface area contributed by atoms with Gasteiger partial charge in [-0.05, 0) is 18.2 Å². The molecule has 2 aromatic carbocycles. The summed E-state index contributed by atoms with van der Waals surface area (Å²) in [4.78, 5) is 25.6. The van der Waals surface area contributed by atoms with E-state index in [1.165, 1.54) is 12.1 Å². The van der Waals surface area contributed by atoms with Gasteiger partial charge in [0.15, 0.2) is 0 Å². The maximum atomic E-state index is 12.2. The fourth-order valence-corrected chi connectivity index (χ4v) is 2.81. The van der Waals surface area contributed by atoms with Crippen LogP contribution in [0.4, 0.5) is 11.4 Å². The highest BCUT2D eigenvalue weighted by Crippen LogP contribution is 2.34. The Balaban J connectivity index is 1.84. The van der Waals surface area contributed by atoms with Crippen LogP contribution in [0, 0.1) is 10.1 Å². The van der Waals surface area contributed by atoms with E-state index in [-0.39, 0.29) is 11.6 Å². The molecule has 4 rings (SSSR count). The molecule has 1 aliphatic rings. The smallest absolute Gasteiger partial charge is 0.271 e. The van der Waals surface area contributed by atoms with E-state index in [2.05, 4.69) is 10.3 Å². The number of anilines is 1. The molecular weight excluding hydrogens is 294 g/mol. The molecule has 0 saturated carbocycles. The van der Waals surface area contributed by atoms with Gasteiger partial charge in [0.05, 0.1) is 10.4 Å². The molecule has 6 nitrogen and oxygen atoms in total. The summed E-state index contributed by atoms with van der Waals surface area (Å²) in [6.07, 6.45) is 3.54. The summed E-state index contributed by atoms with van der Waals surface area (Å²) in [5.74, 6) is -0.150. The molecule has 0 atom stereocenters. The number of carbonyl (C=O) groups is 1. The van der Waals surface area contributed by atoms with Crippen LogP contribution in [0.1, 0.15) is 11.1 Å². The molecular formula is C17H11N3O3. The molecule has 1 amide bonds. The number of nitrogens with zero attached hydrogens (tertiary/aromatic N) is 1. The first-order valence-corrected chi connectivity index (χ1v) is 7.01. The van der Waals surface area contributed by atoms with E-state index in [0.29, 0.717) is 11.1 Å². The third kappa shape index (κ3) is 2.08. The third-order valence-corrected chi connectivity index (χ3v) is 3.92. The second-order valence-electron chi connectivity index (χ2n) is 5.29. The van der Waals surface area contributed by atoms with Crippen LogP contribution in [0.15, 0.2) is 48.7 Å². The minimum absolute atomic E-state index is 0.0301. The second kappa shape index (κ2) is 4.81. The first-order chi connectivity index (χ1) is 11.1. The van der Waals surface area contributed by atoms with Crippen molar-refractivity contribution in [2.45, 2.75) is 0 Å². The van der Waals surface area contributed by atoms with Crippen LogP contribution in [-0.4, -0.2) is 15.8 Å². The highest BCUT2D eigenvalue weighted by Gasteiger charge is 2.23. The Kier molecular flexibility index (Phi) is 2.77. The fourth-order valence-electron chi connectivity index (χ4n) is 2.81. The Morgan fingerprint density at radius 1 is 1.13 bits per heavy atom. The molecule has 2 N–H and O–H groups in total. The molecule has 1 aliphatic heterocycles. The monoisotopic (exact) mass is 305 g/mol. The second-order valence-corrected chi connectivity index (χ2v) is 5.29. The highest BCUT2D eigenvalue weighted by molar-refractivity contribution is 6.35. The molecule has 23 heavy (non-hydrogen) atoms. The molecule has 2 heterocycles. The number of aromatic nitrogens is 1. The molecule has 0 fully saturated rings. The van der Waals surface area contributed by atoms with Gasteiger partial charge < -0.3 is 10.3 Å². The topological polar surface area (TPSA) is 88.0 Å². The Bertz CT molecular complexity index is 1000. The van der Waals surface area contributed by atoms with Crippen LogP contribution in [0.25, 0.3) is 22.6 Å². The van der Waals surface area contributed by atoms with Crippen molar-refractivity contribution in [2.75, 3.05) is 5.32 Å². The summed E-state index contributed by atoms with van der Waals surface area (Å²) in [6, 6.07) is 12.1. The average Bonchev–Trinajstić information content (AvgIpc) is 3.09. The van der Waals surface area contributed by atoms with Crippen molar-refractivity contribution in [2.24, 2.45) is 0 Å². The SMILES string of the molecule is O=C1Nc2ccccc2/C1=C/c1c[nH]c2cc([N+](=O)[O-])ccc12. The lowest BCUT2D eigenvalue weighted by atomic mass is 10.0. The van der Waals surface area contributed by atoms with Gasteiger partial charge in [-0.2, -0.15) is 0 Å². The number of para-hydroxylation sites is 1. The molecule has 0 unspecified atom stereocenters. The van der Waals surface area contributed by atoms with E-state index in [0.717, 1.165) is 22.2 Å². The van der Waals surface area contributed by atoms with E-state index in [9.17, 15) is 14.9 Å². The van der Waals surface area contributed by atoms with Crippen LogP contribution in [0.3, 0.4) is 0 Å². The Morgan fingerprint density at radius 2 is 1.96 bits per heavy atom. The fraction of sp³-hybridized carbons (Fsp3) is 0. The van der Waals surface area contributed by atoms with Gasteiger partial charge in [-0.3, -0.25) is 14.9 Å². The average molecular weight is 305 g/mol. The van der Waals surface area contributed by atoms with E-state index in [1.54, 1.807) is 18.3 Å². The molecule has 112 valence electrons. The number of benzene rings is 2. The number of aromatic amines is 1. The van der Waals surface area contributed by atoms with Crippen LogP contribution in [-0.2, 0) is 4.79 Å². The lowest BCUT2D eigenvalue weighted by Gasteiger charge is -1.97. The van der Waals surface area contributed by atoms with E-state index in [1.807, 2.05) is 24.3 Å². The Labute approximate surface area is 130 Å². The molecule has 0 radical (unpaired) electrons. The van der Waals surface area contributed by atoms with Crippen molar-refractivity contribution < 1.29 is 9.72 Å². The van der Waals surface area contributed by atoms with Crippen molar-refractivity contribution in [3.8, 4) is 0 Å². The van der Waals surface area contributed by atoms with Crippen molar-refractivity contribution in [3.05, 3.63) is 69.9 Å². The van der Waals surface area contributed by atoms with Gasteiger partial charge in [0.25, 0.3) is 11.6 Å². The van der Waals surface area contributed by atoms with Gasteiger partial charge in [0.2, 0.25) is 0 Å². The Morgan fingerprint density at radius 3 is 2.78 bits per heavy atom. The van der Waals surface area contributed by atoms with Gasteiger partial charge in [-0.25, -0.2) is 0 Å². The normalized spacial score (nSPS) is 15.0. The van der Waals surface area contributed by atoms with Gasteiger partial charge in [0, 0.05) is 46.1 Å². The van der Waals surface area contributed by atoms with E-state index < -0.39 is 4.92 Å². The van der Waals surface area contributed by atoms with Gasteiger partial charge in [-0.15, -0.1) is 0 Å². The van der Waals surface area contributed by atoms with Crippen LogP contribution in [0.5, 0.6) is 0 Å². The summed E-state index contributed by atoms with van der Waals surface area (Å²) < 4.78 is 0. The quantitative estimate of drug-likeness (QED) is 0.431. The molecule has 0 bridgehead atoms. The number of amides is 1. The summed E-state index contributed by atoms with van der Waals surface area (Å²) in [6.45, 7) is 0. The van der Waals surface area contributed by atoms with Gasteiger partial charge in [0.1, 0.15) is 0 Å². The van der Waals surface area contributed by atoms with Crippen molar-refractivity contribution in [1.29, 1.82) is 0 Å². The highest BCUT2D eigenvalue weighted by atomic mass is 16.6. The van der Waals surface area contributed by atoms with Crippen LogP contribution >= 0.6 is 0 Å². The summed E-state index contributed by atoms with van der Waals surface area (Å²) >= 11 is 0. The number of nitro groups is 1. The maximum Gasteiger partial charge on any atom is 0.271 e. The molecule has 0 saturated heterocycles. The molecule has 6 heteroatoms. The number of fused-ring (bicyclic) bond motifs is 2. The first kappa shape index (κ1) is 13.3. The molecule has 0 aliphatic carbocycles. The number of rotatable bonds is 2. The lowest BCUT2D eigenvalue weighted by molar-refractivity contribution is -0.384. The van der Waals surface area contributed by atoms with Gasteiger partial charge in [-0.1, -0.05) is 18.2 Å². The van der Waals surface area contributed by atoms with E-state index in [4.69, 9.17) is 0 Å². The number of H-pyrrole nitrogens is 1. The molecule has 1 aromatic heterocycles. The number of hydrogen-bond donors (Lipinski definition) is 2. The van der Waals surface area contributed by atoms with Crippen molar-refractivity contribution in [1.82, 2.24) is 4.98 Å². The zero-order valence-electron chi connectivity index (χ0n) is 11.9. The minimum Gasteiger partial charge on any atom is -0.360 e. The summed E-state index contributed by atoms with van der Waals surface area (Å²) in [7, 11) is 0. The number of carbonyl (C=O) groups excluding carboxylic acids is 1. The van der Waals surface area contributed by atoms with Crippen LogP contribution < -0.4 is 5.32 Å². The van der Waals surface area contributed by atoms with Gasteiger partial charge >= 0.3 is 0 Å². The van der Waals surface area contributed by atoms with Crippen molar-refractivity contribution >= 4 is 39.8 Å². The minimum atomic E-state index is -0.431. The summed E-state index contributed by atoms with van der Waals surface area (Å²) in [5, 5.41) is 14.5. The molecule has 3 aromatic rings. The third-order valence-electron chi connectivity index (χ3n) is 3.92. The molecule has 0 spiro atoms. The van der Waals surface area contributed by atoms with Crippen LogP contribution in [0.2, 0.25) is 0 Å². The first-order valence-electron chi connectivity index (χ1n) is 7.01. The predicted octanol–water partition coefficient (Wildman–Crippen LogP) is 3.57. The maximum absolute atomic E-state index is 12.2. The zero-order valence-corrected chi connectivity index (χ0v) is 11.9. The summed E-state index contributed by atoms with van der Waals surface area (Å²) in [5.41, 5.74) is 3.74.